The Morgan fingerprint density at radius 1 is 1.19 bits per heavy atom. The molecule has 0 bridgehead atoms. The monoisotopic (exact) mass is 360 g/mol. The topological polar surface area (TPSA) is 107 Å². The summed E-state index contributed by atoms with van der Waals surface area (Å²) < 4.78 is 15.0. The smallest absolute Gasteiger partial charge is 0.325 e. The van der Waals surface area contributed by atoms with Crippen molar-refractivity contribution in [3.05, 3.63) is 54.0 Å². The van der Waals surface area contributed by atoms with Crippen molar-refractivity contribution in [1.82, 2.24) is 10.6 Å². The molecule has 2 amide bonds. The minimum absolute atomic E-state index is 0.344. The van der Waals surface area contributed by atoms with Gasteiger partial charge in [0.1, 0.15) is 18.1 Å². The second-order valence-corrected chi connectivity index (χ2v) is 5.38. The van der Waals surface area contributed by atoms with Crippen molar-refractivity contribution in [2.45, 2.75) is 13.0 Å². The van der Waals surface area contributed by atoms with Gasteiger partial charge in [0.05, 0.1) is 19.4 Å². The van der Waals surface area contributed by atoms with Crippen LogP contribution in [0.25, 0.3) is 0 Å². The molecule has 0 aliphatic carbocycles. The number of esters is 1. The average molecular weight is 360 g/mol. The third-order valence-corrected chi connectivity index (χ3v) is 3.44. The maximum absolute atomic E-state index is 12.0. The molecule has 0 aliphatic heterocycles. The van der Waals surface area contributed by atoms with Crippen LogP contribution in [0, 0.1) is 0 Å². The number of hydrogen-bond donors (Lipinski definition) is 2. The van der Waals surface area contributed by atoms with Gasteiger partial charge in [-0.1, -0.05) is 6.07 Å². The Kier molecular flexibility index (Phi) is 6.78. The first-order chi connectivity index (χ1) is 12.5. The zero-order valence-corrected chi connectivity index (χ0v) is 14.5. The highest BCUT2D eigenvalue weighted by molar-refractivity contribution is 5.96. The summed E-state index contributed by atoms with van der Waals surface area (Å²) in [4.78, 5) is 35.4. The number of benzene rings is 1. The molecule has 2 N–H and O–H groups in total. The van der Waals surface area contributed by atoms with Gasteiger partial charge in [0, 0.05) is 5.56 Å². The highest BCUT2D eigenvalue weighted by atomic mass is 16.5. The molecule has 0 radical (unpaired) electrons. The summed E-state index contributed by atoms with van der Waals surface area (Å²) >= 11 is 0. The predicted molar refractivity (Wildman–Crippen MR) is 91.6 cm³/mol. The van der Waals surface area contributed by atoms with E-state index in [0.29, 0.717) is 17.1 Å². The summed E-state index contributed by atoms with van der Waals surface area (Å²) in [6.45, 7) is 0.947. The van der Waals surface area contributed by atoms with Gasteiger partial charge in [-0.05, 0) is 37.3 Å². The molecule has 1 aromatic carbocycles. The van der Waals surface area contributed by atoms with Gasteiger partial charge in [0.15, 0.2) is 6.61 Å². The molecule has 1 atom stereocenters. The van der Waals surface area contributed by atoms with E-state index in [0.717, 1.165) is 0 Å². The SMILES string of the molecule is COc1cccc(C(=O)NCC(=O)OCC(=O)N[C@@H](C)c2ccco2)c1. The summed E-state index contributed by atoms with van der Waals surface area (Å²) in [6, 6.07) is 9.60. The van der Waals surface area contributed by atoms with Crippen molar-refractivity contribution in [2.75, 3.05) is 20.3 Å². The number of hydrogen-bond acceptors (Lipinski definition) is 6. The Hall–Kier alpha value is -3.29. The van der Waals surface area contributed by atoms with Crippen LogP contribution in [0.4, 0.5) is 0 Å². The normalized spacial score (nSPS) is 11.3. The number of amides is 2. The van der Waals surface area contributed by atoms with E-state index >= 15 is 0 Å². The fourth-order valence-corrected chi connectivity index (χ4v) is 2.11. The first-order valence-electron chi connectivity index (χ1n) is 7.90. The second kappa shape index (κ2) is 9.26. The zero-order chi connectivity index (χ0) is 18.9. The molecule has 2 rings (SSSR count). The highest BCUT2D eigenvalue weighted by Crippen LogP contribution is 2.12. The third-order valence-electron chi connectivity index (χ3n) is 3.44. The highest BCUT2D eigenvalue weighted by Gasteiger charge is 2.14. The lowest BCUT2D eigenvalue weighted by atomic mass is 10.2. The van der Waals surface area contributed by atoms with Gasteiger partial charge in [-0.15, -0.1) is 0 Å². The predicted octanol–water partition coefficient (Wildman–Crippen LogP) is 1.44. The number of furan rings is 1. The lowest BCUT2D eigenvalue weighted by Crippen LogP contribution is -2.34. The molecule has 0 spiro atoms. The Morgan fingerprint density at radius 2 is 2.00 bits per heavy atom. The van der Waals surface area contributed by atoms with Crippen LogP contribution < -0.4 is 15.4 Å². The third kappa shape index (κ3) is 5.66. The zero-order valence-electron chi connectivity index (χ0n) is 14.5. The van der Waals surface area contributed by atoms with Gasteiger partial charge >= 0.3 is 5.97 Å². The molecular weight excluding hydrogens is 340 g/mol. The molecule has 0 saturated carbocycles. The van der Waals surface area contributed by atoms with E-state index in [-0.39, 0.29) is 12.6 Å². The average Bonchev–Trinajstić information content (AvgIpc) is 3.19. The van der Waals surface area contributed by atoms with Crippen LogP contribution in [-0.2, 0) is 14.3 Å². The summed E-state index contributed by atoms with van der Waals surface area (Å²) in [5.41, 5.74) is 0.349. The first-order valence-corrected chi connectivity index (χ1v) is 7.90. The van der Waals surface area contributed by atoms with Gasteiger partial charge in [-0.2, -0.15) is 0 Å². The van der Waals surface area contributed by atoms with Crippen molar-refractivity contribution in [1.29, 1.82) is 0 Å². The van der Waals surface area contributed by atoms with Crippen molar-refractivity contribution in [3.8, 4) is 5.75 Å². The molecule has 1 heterocycles. The minimum atomic E-state index is -0.720. The maximum atomic E-state index is 12.0. The molecular formula is C18H20N2O6. The van der Waals surface area contributed by atoms with E-state index in [9.17, 15) is 14.4 Å². The molecule has 138 valence electrons. The first kappa shape index (κ1) is 19.0. The Balaban J connectivity index is 1.71. The molecule has 0 unspecified atom stereocenters. The molecule has 1 aromatic heterocycles. The number of carbonyl (C=O) groups excluding carboxylic acids is 3. The van der Waals surface area contributed by atoms with E-state index < -0.39 is 24.4 Å². The maximum Gasteiger partial charge on any atom is 0.325 e. The lowest BCUT2D eigenvalue weighted by Gasteiger charge is -2.11. The summed E-state index contributed by atoms with van der Waals surface area (Å²) in [5.74, 6) is -0.516. The fourth-order valence-electron chi connectivity index (χ4n) is 2.11. The number of ether oxygens (including phenoxy) is 2. The van der Waals surface area contributed by atoms with Crippen LogP contribution in [0.3, 0.4) is 0 Å². The van der Waals surface area contributed by atoms with Crippen molar-refractivity contribution in [2.24, 2.45) is 0 Å². The van der Waals surface area contributed by atoms with E-state index in [2.05, 4.69) is 10.6 Å². The molecule has 0 saturated heterocycles. The Bertz CT molecular complexity index is 757. The molecule has 0 aliphatic rings. The van der Waals surface area contributed by atoms with Crippen LogP contribution in [0.2, 0.25) is 0 Å². The molecule has 8 heteroatoms. The Labute approximate surface area is 150 Å². The molecule has 2 aromatic rings. The number of nitrogens with one attached hydrogen (secondary N) is 2. The van der Waals surface area contributed by atoms with E-state index in [1.54, 1.807) is 43.3 Å². The summed E-state index contributed by atoms with van der Waals surface area (Å²) in [6.07, 6.45) is 1.50. The molecule has 0 fully saturated rings. The van der Waals surface area contributed by atoms with Crippen LogP contribution >= 0.6 is 0 Å². The fraction of sp³-hybridized carbons (Fsp3) is 0.278. The Morgan fingerprint density at radius 3 is 2.69 bits per heavy atom. The van der Waals surface area contributed by atoms with Crippen molar-refractivity contribution >= 4 is 17.8 Å². The molecule has 26 heavy (non-hydrogen) atoms. The quantitative estimate of drug-likeness (QED) is 0.690. The van der Waals surface area contributed by atoms with Crippen LogP contribution in [0.15, 0.2) is 47.1 Å². The largest absolute Gasteiger partial charge is 0.497 e. The van der Waals surface area contributed by atoms with Gasteiger partial charge in [-0.3, -0.25) is 14.4 Å². The van der Waals surface area contributed by atoms with Gasteiger partial charge in [0.25, 0.3) is 11.8 Å². The molecule has 8 nitrogen and oxygen atoms in total. The van der Waals surface area contributed by atoms with E-state index in [1.165, 1.54) is 13.4 Å². The number of carbonyl (C=O) groups is 3. The summed E-state index contributed by atoms with van der Waals surface area (Å²) in [7, 11) is 1.49. The van der Waals surface area contributed by atoms with Crippen LogP contribution in [0.5, 0.6) is 5.75 Å². The minimum Gasteiger partial charge on any atom is -0.497 e. The van der Waals surface area contributed by atoms with E-state index in [4.69, 9.17) is 13.9 Å². The summed E-state index contributed by atoms with van der Waals surface area (Å²) in [5, 5.41) is 5.05. The number of rotatable bonds is 8. The number of methoxy groups -OCH3 is 1. The van der Waals surface area contributed by atoms with Gasteiger partial charge < -0.3 is 24.5 Å². The second-order valence-electron chi connectivity index (χ2n) is 5.38. The lowest BCUT2D eigenvalue weighted by molar-refractivity contribution is -0.147. The standard InChI is InChI=1S/C18H20N2O6/c1-12(15-7-4-8-25-15)20-16(21)11-26-17(22)10-19-18(23)13-5-3-6-14(9-13)24-2/h3-9,12H,10-11H2,1-2H3,(H,19,23)(H,20,21)/t12-/m0/s1. The van der Waals surface area contributed by atoms with Crippen molar-refractivity contribution < 1.29 is 28.3 Å². The van der Waals surface area contributed by atoms with Gasteiger partial charge in [0.2, 0.25) is 0 Å². The van der Waals surface area contributed by atoms with Crippen LogP contribution in [-0.4, -0.2) is 38.0 Å². The van der Waals surface area contributed by atoms with Crippen molar-refractivity contribution in [3.63, 3.8) is 0 Å². The van der Waals surface area contributed by atoms with Gasteiger partial charge in [-0.25, -0.2) is 0 Å². The van der Waals surface area contributed by atoms with E-state index in [1.807, 2.05) is 0 Å². The van der Waals surface area contributed by atoms with Crippen LogP contribution in [0.1, 0.15) is 29.1 Å².